The number of likely N-dealkylation sites (tertiary alicyclic amines) is 1. The summed E-state index contributed by atoms with van der Waals surface area (Å²) in [5, 5.41) is 9.77. The van der Waals surface area contributed by atoms with Crippen molar-refractivity contribution in [1.82, 2.24) is 9.88 Å². The lowest BCUT2D eigenvalue weighted by atomic mass is 9.94. The maximum atomic E-state index is 9.77. The molecule has 4 heteroatoms. The van der Waals surface area contributed by atoms with Gasteiger partial charge in [-0.1, -0.05) is 55.8 Å². The molecule has 1 unspecified atom stereocenters. The lowest BCUT2D eigenvalue weighted by molar-refractivity contribution is 0.174. The first-order valence-electron chi connectivity index (χ1n) is 10.1. The number of hydrogen-bond donors (Lipinski definition) is 0. The molecular weight excluding hydrogens is 346 g/mol. The molecule has 142 valence electrons. The molecule has 1 fully saturated rings. The van der Waals surface area contributed by atoms with E-state index in [1.807, 2.05) is 24.3 Å². The Labute approximate surface area is 166 Å². The van der Waals surface area contributed by atoms with Gasteiger partial charge in [-0.15, -0.1) is 0 Å². The Hall–Kier alpha value is -2.90. The SMILES string of the molecule is CCCC(c1ccccc1)N1CCC(=C(C#N)c2nc3ccccc3o2)CC1. The summed E-state index contributed by atoms with van der Waals surface area (Å²) in [6.45, 7) is 4.16. The van der Waals surface area contributed by atoms with Gasteiger partial charge in [-0.2, -0.15) is 5.26 Å². The zero-order chi connectivity index (χ0) is 19.3. The fourth-order valence-corrected chi connectivity index (χ4v) is 4.12. The van der Waals surface area contributed by atoms with Crippen molar-refractivity contribution in [2.75, 3.05) is 13.1 Å². The van der Waals surface area contributed by atoms with Crippen molar-refractivity contribution < 1.29 is 4.42 Å². The maximum Gasteiger partial charge on any atom is 0.238 e. The number of rotatable bonds is 5. The quantitative estimate of drug-likeness (QED) is 0.537. The molecule has 0 saturated carbocycles. The van der Waals surface area contributed by atoms with Crippen LogP contribution in [0.15, 0.2) is 64.6 Å². The number of piperidine rings is 1. The number of fused-ring (bicyclic) bond motifs is 1. The molecule has 4 nitrogen and oxygen atoms in total. The lowest BCUT2D eigenvalue weighted by Gasteiger charge is -2.36. The molecule has 28 heavy (non-hydrogen) atoms. The monoisotopic (exact) mass is 371 g/mol. The van der Waals surface area contributed by atoms with Gasteiger partial charge in [0.1, 0.15) is 17.2 Å². The molecule has 1 atom stereocenters. The number of nitriles is 1. The molecule has 0 aliphatic carbocycles. The van der Waals surface area contributed by atoms with E-state index in [9.17, 15) is 5.26 Å². The predicted molar refractivity (Wildman–Crippen MR) is 111 cm³/mol. The van der Waals surface area contributed by atoms with Crippen molar-refractivity contribution in [2.24, 2.45) is 0 Å². The van der Waals surface area contributed by atoms with E-state index in [0.29, 0.717) is 17.5 Å². The second-order valence-corrected chi connectivity index (χ2v) is 7.33. The highest BCUT2D eigenvalue weighted by atomic mass is 16.3. The summed E-state index contributed by atoms with van der Waals surface area (Å²) in [7, 11) is 0. The van der Waals surface area contributed by atoms with E-state index in [1.54, 1.807) is 0 Å². The Kier molecular flexibility index (Phi) is 5.55. The zero-order valence-electron chi connectivity index (χ0n) is 16.3. The van der Waals surface area contributed by atoms with Gasteiger partial charge in [0.15, 0.2) is 5.58 Å². The summed E-state index contributed by atoms with van der Waals surface area (Å²) in [4.78, 5) is 7.09. The lowest BCUT2D eigenvalue weighted by Crippen LogP contribution is -2.34. The highest BCUT2D eigenvalue weighted by Crippen LogP contribution is 2.33. The van der Waals surface area contributed by atoms with E-state index in [0.717, 1.165) is 55.4 Å². The largest absolute Gasteiger partial charge is 0.435 e. The van der Waals surface area contributed by atoms with Gasteiger partial charge in [0.2, 0.25) is 5.89 Å². The maximum absolute atomic E-state index is 9.77. The number of benzene rings is 2. The molecule has 2 heterocycles. The first kappa shape index (κ1) is 18.5. The van der Waals surface area contributed by atoms with Crippen molar-refractivity contribution >= 4 is 16.7 Å². The van der Waals surface area contributed by atoms with Crippen LogP contribution in [0.2, 0.25) is 0 Å². The fourth-order valence-electron chi connectivity index (χ4n) is 4.12. The van der Waals surface area contributed by atoms with Gasteiger partial charge in [-0.25, -0.2) is 4.98 Å². The van der Waals surface area contributed by atoms with Crippen LogP contribution in [0.25, 0.3) is 16.7 Å². The summed E-state index contributed by atoms with van der Waals surface area (Å²) < 4.78 is 5.85. The molecule has 3 aromatic rings. The average molecular weight is 371 g/mol. The molecule has 0 amide bonds. The molecule has 1 aliphatic rings. The Balaban J connectivity index is 1.55. The van der Waals surface area contributed by atoms with Crippen LogP contribution in [0.4, 0.5) is 0 Å². The molecule has 1 saturated heterocycles. The normalized spacial score (nSPS) is 16.1. The van der Waals surface area contributed by atoms with Crippen LogP contribution in [0, 0.1) is 11.3 Å². The number of oxazole rings is 1. The summed E-state index contributed by atoms with van der Waals surface area (Å²) >= 11 is 0. The Morgan fingerprint density at radius 1 is 1.11 bits per heavy atom. The Morgan fingerprint density at radius 3 is 2.50 bits per heavy atom. The van der Waals surface area contributed by atoms with Gasteiger partial charge in [-0.3, -0.25) is 4.90 Å². The van der Waals surface area contributed by atoms with Crippen molar-refractivity contribution in [2.45, 2.75) is 38.6 Å². The smallest absolute Gasteiger partial charge is 0.238 e. The van der Waals surface area contributed by atoms with Gasteiger partial charge in [0, 0.05) is 19.1 Å². The average Bonchev–Trinajstić information content (AvgIpc) is 3.17. The van der Waals surface area contributed by atoms with E-state index in [2.05, 4.69) is 53.2 Å². The van der Waals surface area contributed by atoms with Gasteiger partial charge in [0.05, 0.1) is 0 Å². The third-order valence-corrected chi connectivity index (χ3v) is 5.56. The standard InChI is InChI=1S/C24H25N3O/c1-2-8-22(19-9-4-3-5-10-19)27-15-13-18(14-16-27)20(17-25)24-26-21-11-6-7-12-23(21)28-24/h3-7,9-12,22H,2,8,13-16H2,1H3. The first-order valence-corrected chi connectivity index (χ1v) is 10.1. The molecule has 1 aliphatic heterocycles. The molecule has 2 aromatic carbocycles. The highest BCUT2D eigenvalue weighted by Gasteiger charge is 2.26. The van der Waals surface area contributed by atoms with Crippen LogP contribution < -0.4 is 0 Å². The second kappa shape index (κ2) is 8.41. The van der Waals surface area contributed by atoms with Crippen LogP contribution in [-0.2, 0) is 0 Å². The van der Waals surface area contributed by atoms with Crippen molar-refractivity contribution in [1.29, 1.82) is 5.26 Å². The van der Waals surface area contributed by atoms with E-state index in [1.165, 1.54) is 5.56 Å². The predicted octanol–water partition coefficient (Wildman–Crippen LogP) is 5.74. The van der Waals surface area contributed by atoms with Crippen molar-refractivity contribution in [3.63, 3.8) is 0 Å². The molecular formula is C24H25N3O. The Bertz CT molecular complexity index is 970. The fraction of sp³-hybridized carbons (Fsp3) is 0.333. The minimum absolute atomic E-state index is 0.447. The molecule has 0 spiro atoms. The summed E-state index contributed by atoms with van der Waals surface area (Å²) in [6, 6.07) is 21.2. The van der Waals surface area contributed by atoms with Gasteiger partial charge < -0.3 is 4.42 Å². The number of hydrogen-bond acceptors (Lipinski definition) is 4. The van der Waals surface area contributed by atoms with Crippen LogP contribution >= 0.6 is 0 Å². The minimum Gasteiger partial charge on any atom is -0.435 e. The number of aromatic nitrogens is 1. The molecule has 0 radical (unpaired) electrons. The van der Waals surface area contributed by atoms with Crippen molar-refractivity contribution in [3.05, 3.63) is 71.6 Å². The molecule has 0 bridgehead atoms. The summed E-state index contributed by atoms with van der Waals surface area (Å²) in [5.41, 5.74) is 4.69. The van der Waals surface area contributed by atoms with Crippen LogP contribution in [0.5, 0.6) is 0 Å². The minimum atomic E-state index is 0.447. The number of para-hydroxylation sites is 2. The van der Waals surface area contributed by atoms with Gasteiger partial charge >= 0.3 is 0 Å². The summed E-state index contributed by atoms with van der Waals surface area (Å²) in [6.07, 6.45) is 4.08. The van der Waals surface area contributed by atoms with E-state index >= 15 is 0 Å². The van der Waals surface area contributed by atoms with E-state index in [4.69, 9.17) is 4.42 Å². The van der Waals surface area contributed by atoms with Crippen molar-refractivity contribution in [3.8, 4) is 6.07 Å². The summed E-state index contributed by atoms with van der Waals surface area (Å²) in [5.74, 6) is 0.459. The third-order valence-electron chi connectivity index (χ3n) is 5.56. The number of nitrogens with zero attached hydrogens (tertiary/aromatic N) is 3. The van der Waals surface area contributed by atoms with Crippen LogP contribution in [-0.4, -0.2) is 23.0 Å². The van der Waals surface area contributed by atoms with Crippen LogP contribution in [0.3, 0.4) is 0 Å². The van der Waals surface area contributed by atoms with Crippen LogP contribution in [0.1, 0.15) is 50.1 Å². The van der Waals surface area contributed by atoms with Gasteiger partial charge in [0.25, 0.3) is 0 Å². The topological polar surface area (TPSA) is 53.1 Å². The molecule has 4 rings (SSSR count). The first-order chi connectivity index (χ1) is 13.8. The van der Waals surface area contributed by atoms with E-state index < -0.39 is 0 Å². The zero-order valence-corrected chi connectivity index (χ0v) is 16.3. The third kappa shape index (κ3) is 3.72. The van der Waals surface area contributed by atoms with Gasteiger partial charge in [-0.05, 0) is 42.5 Å². The second-order valence-electron chi connectivity index (χ2n) is 7.33. The van der Waals surface area contributed by atoms with E-state index in [-0.39, 0.29) is 0 Å². The highest BCUT2D eigenvalue weighted by molar-refractivity contribution is 5.80. The Morgan fingerprint density at radius 2 is 1.82 bits per heavy atom. The number of allylic oxidation sites excluding steroid dienone is 1. The molecule has 1 aromatic heterocycles. The molecule has 0 N–H and O–H groups in total.